The van der Waals surface area contributed by atoms with Crippen LogP contribution in [0.15, 0.2) is 24.3 Å². The van der Waals surface area contributed by atoms with E-state index in [-0.39, 0.29) is 23.7 Å². The second kappa shape index (κ2) is 6.05. The van der Waals surface area contributed by atoms with Gasteiger partial charge in [0.2, 0.25) is 0 Å². The molecule has 0 spiro atoms. The quantitative estimate of drug-likeness (QED) is 0.913. The van der Waals surface area contributed by atoms with Gasteiger partial charge < -0.3 is 14.7 Å². The molecule has 1 aliphatic rings. The van der Waals surface area contributed by atoms with Crippen LogP contribution in [0.25, 0.3) is 0 Å². The van der Waals surface area contributed by atoms with Crippen LogP contribution >= 0.6 is 0 Å². The molecule has 2 rings (SSSR count). The summed E-state index contributed by atoms with van der Waals surface area (Å²) in [6.45, 7) is 2.42. The van der Waals surface area contributed by atoms with Gasteiger partial charge in [-0.05, 0) is 37.5 Å². The van der Waals surface area contributed by atoms with E-state index in [0.717, 1.165) is 18.4 Å². The van der Waals surface area contributed by atoms with E-state index >= 15 is 0 Å². The maximum Gasteiger partial charge on any atom is 0.335 e. The summed E-state index contributed by atoms with van der Waals surface area (Å²) < 4.78 is 5.56. The Balaban J connectivity index is 1.95. The number of benzene rings is 1. The topological polar surface area (TPSA) is 66.8 Å². The Morgan fingerprint density at radius 2 is 1.95 bits per heavy atom. The van der Waals surface area contributed by atoms with Crippen LogP contribution < -0.4 is 0 Å². The van der Waals surface area contributed by atoms with Gasteiger partial charge in [-0.25, -0.2) is 4.79 Å². The van der Waals surface area contributed by atoms with E-state index in [1.807, 2.05) is 6.92 Å². The number of carbonyl (C=O) groups is 2. The Bertz CT molecular complexity index is 497. The Kier molecular flexibility index (Phi) is 4.39. The molecule has 0 aromatic heterocycles. The number of hydrogen-bond acceptors (Lipinski definition) is 3. The molecule has 1 aromatic carbocycles. The minimum absolute atomic E-state index is 0.0170. The SMILES string of the molecule is CC1CCC(C(=O)N(C)Cc2ccc(C(=O)O)cc2)O1. The fraction of sp³-hybridized carbons (Fsp3) is 0.467. The number of carboxylic acid groups (broad SMARTS) is 1. The second-order valence-electron chi connectivity index (χ2n) is 5.21. The number of nitrogens with zero attached hydrogens (tertiary/aromatic N) is 1. The zero-order valence-corrected chi connectivity index (χ0v) is 11.7. The lowest BCUT2D eigenvalue weighted by molar-refractivity contribution is -0.141. The van der Waals surface area contributed by atoms with Gasteiger partial charge in [0.1, 0.15) is 6.10 Å². The zero-order chi connectivity index (χ0) is 14.7. The highest BCUT2D eigenvalue weighted by molar-refractivity contribution is 5.87. The van der Waals surface area contributed by atoms with Crippen LogP contribution in [0, 0.1) is 0 Å². The van der Waals surface area contributed by atoms with Crippen molar-refractivity contribution in [2.75, 3.05) is 7.05 Å². The standard InChI is InChI=1S/C15H19NO4/c1-10-3-8-13(20-10)14(17)16(2)9-11-4-6-12(7-5-11)15(18)19/h4-7,10,13H,3,8-9H2,1-2H3,(H,18,19). The summed E-state index contributed by atoms with van der Waals surface area (Å²) in [5.41, 5.74) is 1.15. The van der Waals surface area contributed by atoms with Gasteiger partial charge in [-0.3, -0.25) is 4.79 Å². The molecule has 5 heteroatoms. The van der Waals surface area contributed by atoms with E-state index < -0.39 is 5.97 Å². The largest absolute Gasteiger partial charge is 0.478 e. The van der Waals surface area contributed by atoms with Crippen molar-refractivity contribution in [3.63, 3.8) is 0 Å². The molecule has 2 unspecified atom stereocenters. The van der Waals surface area contributed by atoms with Crippen molar-refractivity contribution >= 4 is 11.9 Å². The lowest BCUT2D eigenvalue weighted by Gasteiger charge is -2.21. The lowest BCUT2D eigenvalue weighted by Crippen LogP contribution is -2.35. The molecule has 108 valence electrons. The molecular weight excluding hydrogens is 258 g/mol. The molecule has 1 aliphatic heterocycles. The van der Waals surface area contributed by atoms with E-state index in [1.54, 1.807) is 36.2 Å². The number of hydrogen-bond donors (Lipinski definition) is 1. The van der Waals surface area contributed by atoms with Crippen LogP contribution in [0.1, 0.15) is 35.7 Å². The van der Waals surface area contributed by atoms with Gasteiger partial charge in [0.05, 0.1) is 11.7 Å². The Labute approximate surface area is 118 Å². The summed E-state index contributed by atoms with van der Waals surface area (Å²) in [7, 11) is 1.74. The monoisotopic (exact) mass is 277 g/mol. The van der Waals surface area contributed by atoms with Crippen molar-refractivity contribution < 1.29 is 19.4 Å². The van der Waals surface area contributed by atoms with Crippen LogP contribution in [0.2, 0.25) is 0 Å². The highest BCUT2D eigenvalue weighted by Gasteiger charge is 2.30. The highest BCUT2D eigenvalue weighted by atomic mass is 16.5. The molecule has 1 saturated heterocycles. The van der Waals surface area contributed by atoms with E-state index in [2.05, 4.69) is 0 Å². The predicted octanol–water partition coefficient (Wildman–Crippen LogP) is 1.91. The fourth-order valence-electron chi connectivity index (χ4n) is 2.33. The fourth-order valence-corrected chi connectivity index (χ4v) is 2.33. The molecule has 1 N–H and O–H groups in total. The van der Waals surface area contributed by atoms with Crippen molar-refractivity contribution in [1.82, 2.24) is 4.90 Å². The first-order chi connectivity index (χ1) is 9.47. The first kappa shape index (κ1) is 14.5. The van der Waals surface area contributed by atoms with Crippen molar-refractivity contribution in [1.29, 1.82) is 0 Å². The number of ether oxygens (including phenoxy) is 1. The molecule has 0 saturated carbocycles. The molecule has 1 amide bonds. The summed E-state index contributed by atoms with van der Waals surface area (Å²) in [4.78, 5) is 24.6. The average Bonchev–Trinajstić information content (AvgIpc) is 2.85. The van der Waals surface area contributed by atoms with Gasteiger partial charge >= 0.3 is 5.97 Å². The Morgan fingerprint density at radius 3 is 2.45 bits per heavy atom. The number of rotatable bonds is 4. The van der Waals surface area contributed by atoms with Crippen molar-refractivity contribution in [3.05, 3.63) is 35.4 Å². The summed E-state index contributed by atoms with van der Waals surface area (Å²) in [6, 6.07) is 6.55. The number of amides is 1. The van der Waals surface area contributed by atoms with E-state index in [4.69, 9.17) is 9.84 Å². The maximum atomic E-state index is 12.2. The Morgan fingerprint density at radius 1 is 1.30 bits per heavy atom. The van der Waals surface area contributed by atoms with Gasteiger partial charge in [0.25, 0.3) is 5.91 Å². The molecule has 5 nitrogen and oxygen atoms in total. The van der Waals surface area contributed by atoms with Crippen LogP contribution in [-0.2, 0) is 16.1 Å². The molecule has 2 atom stereocenters. The molecule has 0 aliphatic carbocycles. The van der Waals surface area contributed by atoms with Gasteiger partial charge in [-0.2, -0.15) is 0 Å². The molecule has 1 heterocycles. The maximum absolute atomic E-state index is 12.2. The molecule has 0 bridgehead atoms. The number of carbonyl (C=O) groups excluding carboxylic acids is 1. The van der Waals surface area contributed by atoms with Gasteiger partial charge in [0, 0.05) is 13.6 Å². The van der Waals surface area contributed by atoms with Crippen LogP contribution in [0.4, 0.5) is 0 Å². The summed E-state index contributed by atoms with van der Waals surface area (Å²) in [5, 5.41) is 8.83. The third kappa shape index (κ3) is 3.36. The minimum atomic E-state index is -0.950. The van der Waals surface area contributed by atoms with Crippen LogP contribution in [0.3, 0.4) is 0 Å². The van der Waals surface area contributed by atoms with Crippen molar-refractivity contribution in [3.8, 4) is 0 Å². The highest BCUT2D eigenvalue weighted by Crippen LogP contribution is 2.21. The van der Waals surface area contributed by atoms with Gasteiger partial charge in [0.15, 0.2) is 0 Å². The smallest absolute Gasteiger partial charge is 0.335 e. The summed E-state index contributed by atoms with van der Waals surface area (Å²) in [6.07, 6.45) is 1.49. The predicted molar refractivity (Wildman–Crippen MR) is 73.4 cm³/mol. The van der Waals surface area contributed by atoms with Crippen LogP contribution in [-0.4, -0.2) is 41.1 Å². The summed E-state index contributed by atoms with van der Waals surface area (Å²) in [5.74, 6) is -0.967. The molecular formula is C15H19NO4. The number of aromatic carboxylic acids is 1. The van der Waals surface area contributed by atoms with Crippen LogP contribution in [0.5, 0.6) is 0 Å². The third-order valence-corrected chi connectivity index (χ3v) is 3.50. The van der Waals surface area contributed by atoms with E-state index in [9.17, 15) is 9.59 Å². The first-order valence-electron chi connectivity index (χ1n) is 6.70. The molecule has 1 fully saturated rings. The lowest BCUT2D eigenvalue weighted by atomic mass is 10.1. The zero-order valence-electron chi connectivity index (χ0n) is 11.7. The normalized spacial score (nSPS) is 21.7. The molecule has 0 radical (unpaired) electrons. The van der Waals surface area contributed by atoms with Crippen molar-refractivity contribution in [2.45, 2.75) is 38.5 Å². The average molecular weight is 277 g/mol. The van der Waals surface area contributed by atoms with Gasteiger partial charge in [-0.15, -0.1) is 0 Å². The molecule has 1 aromatic rings. The molecule has 20 heavy (non-hydrogen) atoms. The summed E-state index contributed by atoms with van der Waals surface area (Å²) >= 11 is 0. The number of likely N-dealkylation sites (N-methyl/N-ethyl adjacent to an activating group) is 1. The first-order valence-corrected chi connectivity index (χ1v) is 6.70. The second-order valence-corrected chi connectivity index (χ2v) is 5.21. The van der Waals surface area contributed by atoms with Gasteiger partial charge in [-0.1, -0.05) is 12.1 Å². The van der Waals surface area contributed by atoms with E-state index in [0.29, 0.717) is 6.54 Å². The minimum Gasteiger partial charge on any atom is -0.478 e. The number of carboxylic acids is 1. The van der Waals surface area contributed by atoms with Crippen molar-refractivity contribution in [2.24, 2.45) is 0 Å². The van der Waals surface area contributed by atoms with E-state index in [1.165, 1.54) is 0 Å². The third-order valence-electron chi connectivity index (χ3n) is 3.50. The Hall–Kier alpha value is -1.88.